The van der Waals surface area contributed by atoms with Gasteiger partial charge in [-0.05, 0) is 20.3 Å². The summed E-state index contributed by atoms with van der Waals surface area (Å²) in [5.74, 6) is -1.52. The highest BCUT2D eigenvalue weighted by Crippen LogP contribution is 2.58. The van der Waals surface area contributed by atoms with Gasteiger partial charge in [0.25, 0.3) is 0 Å². The second kappa shape index (κ2) is 6.45. The van der Waals surface area contributed by atoms with Crippen LogP contribution in [-0.2, 0) is 27.9 Å². The minimum absolute atomic E-state index is 0.162. The number of esters is 1. The summed E-state index contributed by atoms with van der Waals surface area (Å²) in [5.41, 5.74) is -1.02. The number of ketones is 1. The average molecular weight is 278 g/mol. The monoisotopic (exact) mass is 278 g/mol. The lowest BCUT2D eigenvalue weighted by Crippen LogP contribution is -2.30. The van der Waals surface area contributed by atoms with Gasteiger partial charge in [0.15, 0.2) is 0 Å². The number of Topliss-reactive ketones (excluding diaryl/α,β-unsaturated/α-hetero) is 1. The fourth-order valence-electron chi connectivity index (χ4n) is 2.18. The molecule has 104 valence electrons. The molecular formula is C11H19O6P. The van der Waals surface area contributed by atoms with Crippen molar-refractivity contribution in [3.05, 3.63) is 0 Å². The Kier molecular flexibility index (Phi) is 5.50. The molecule has 0 aromatic rings. The lowest BCUT2D eigenvalue weighted by molar-refractivity contribution is -0.145. The standard InChI is InChI=1S/C11H19O6P/c1-4-16-18(14,17-5-2)10-8(11(13)15-3)6-7-9(10)12/h8,10H,4-7H2,1-3H3/t8-,10+/m1/s1. The van der Waals surface area contributed by atoms with Gasteiger partial charge in [-0.3, -0.25) is 14.2 Å². The zero-order valence-corrected chi connectivity index (χ0v) is 11.8. The van der Waals surface area contributed by atoms with Crippen molar-refractivity contribution in [1.82, 2.24) is 0 Å². The first kappa shape index (κ1) is 15.3. The van der Waals surface area contributed by atoms with Crippen molar-refractivity contribution in [2.45, 2.75) is 32.3 Å². The molecule has 0 amide bonds. The summed E-state index contributed by atoms with van der Waals surface area (Å²) >= 11 is 0. The molecule has 1 aliphatic carbocycles. The number of carbonyl (C=O) groups excluding carboxylic acids is 2. The van der Waals surface area contributed by atoms with Crippen LogP contribution in [0.4, 0.5) is 0 Å². The van der Waals surface area contributed by atoms with Gasteiger partial charge in [-0.1, -0.05) is 0 Å². The summed E-state index contributed by atoms with van der Waals surface area (Å²) in [7, 11) is -2.35. The van der Waals surface area contributed by atoms with Crippen molar-refractivity contribution in [3.63, 3.8) is 0 Å². The van der Waals surface area contributed by atoms with Crippen molar-refractivity contribution >= 4 is 19.3 Å². The molecule has 0 bridgehead atoms. The smallest absolute Gasteiger partial charge is 0.341 e. The first-order valence-corrected chi connectivity index (χ1v) is 7.60. The van der Waals surface area contributed by atoms with E-state index in [1.54, 1.807) is 13.8 Å². The Labute approximate surface area is 107 Å². The van der Waals surface area contributed by atoms with Gasteiger partial charge in [-0.15, -0.1) is 0 Å². The third-order valence-corrected chi connectivity index (χ3v) is 5.44. The summed E-state index contributed by atoms with van der Waals surface area (Å²) in [4.78, 5) is 23.5. The molecular weight excluding hydrogens is 259 g/mol. The van der Waals surface area contributed by atoms with E-state index in [0.29, 0.717) is 6.42 Å². The molecule has 2 atom stereocenters. The molecule has 0 aromatic heterocycles. The van der Waals surface area contributed by atoms with Crippen LogP contribution in [0.5, 0.6) is 0 Å². The predicted octanol–water partition coefficient (Wildman–Crippen LogP) is 1.77. The van der Waals surface area contributed by atoms with Crippen LogP contribution in [0.1, 0.15) is 26.7 Å². The Balaban J connectivity index is 3.03. The molecule has 1 rings (SSSR count). The number of methoxy groups -OCH3 is 1. The topological polar surface area (TPSA) is 78.9 Å². The van der Waals surface area contributed by atoms with E-state index in [0.717, 1.165) is 0 Å². The molecule has 0 aliphatic heterocycles. The maximum atomic E-state index is 12.6. The zero-order chi connectivity index (χ0) is 13.8. The van der Waals surface area contributed by atoms with Crippen molar-refractivity contribution < 1.29 is 27.9 Å². The van der Waals surface area contributed by atoms with E-state index in [1.165, 1.54) is 7.11 Å². The Morgan fingerprint density at radius 1 is 1.33 bits per heavy atom. The second-order valence-electron chi connectivity index (χ2n) is 3.95. The van der Waals surface area contributed by atoms with E-state index >= 15 is 0 Å². The van der Waals surface area contributed by atoms with Gasteiger partial charge in [0.05, 0.1) is 26.2 Å². The van der Waals surface area contributed by atoms with Crippen LogP contribution in [0, 0.1) is 5.92 Å². The Morgan fingerprint density at radius 3 is 2.33 bits per heavy atom. The SMILES string of the molecule is CCOP(=O)(OCC)[C@@H]1C(=O)CC[C@H]1C(=O)OC. The van der Waals surface area contributed by atoms with Crippen LogP contribution in [0.2, 0.25) is 0 Å². The maximum absolute atomic E-state index is 12.6. The molecule has 0 aromatic carbocycles. The van der Waals surface area contributed by atoms with E-state index < -0.39 is 25.1 Å². The van der Waals surface area contributed by atoms with Crippen LogP contribution in [-0.4, -0.2) is 37.7 Å². The molecule has 1 saturated carbocycles. The molecule has 6 nitrogen and oxygen atoms in total. The zero-order valence-electron chi connectivity index (χ0n) is 10.9. The first-order valence-electron chi connectivity index (χ1n) is 5.99. The van der Waals surface area contributed by atoms with E-state index in [9.17, 15) is 14.2 Å². The van der Waals surface area contributed by atoms with Gasteiger partial charge in [0.1, 0.15) is 11.4 Å². The van der Waals surface area contributed by atoms with Gasteiger partial charge in [-0.2, -0.15) is 0 Å². The molecule has 0 radical (unpaired) electrons. The minimum atomic E-state index is -3.60. The molecule has 0 N–H and O–H groups in total. The molecule has 7 heteroatoms. The van der Waals surface area contributed by atoms with E-state index in [1.807, 2.05) is 0 Å². The lowest BCUT2D eigenvalue weighted by atomic mass is 10.1. The number of ether oxygens (including phenoxy) is 1. The van der Waals surface area contributed by atoms with Gasteiger partial charge in [-0.25, -0.2) is 0 Å². The molecule has 0 spiro atoms. The highest BCUT2D eigenvalue weighted by atomic mass is 31.2. The summed E-state index contributed by atoms with van der Waals surface area (Å²) in [6.45, 7) is 3.65. The third kappa shape index (κ3) is 2.99. The number of hydrogen-bond acceptors (Lipinski definition) is 6. The van der Waals surface area contributed by atoms with E-state index in [-0.39, 0.29) is 25.4 Å². The summed E-state index contributed by atoms with van der Waals surface area (Å²) in [6, 6.07) is 0. The van der Waals surface area contributed by atoms with Crippen LogP contribution in [0.3, 0.4) is 0 Å². The van der Waals surface area contributed by atoms with Crippen LogP contribution >= 0.6 is 7.60 Å². The van der Waals surface area contributed by atoms with Gasteiger partial charge in [0.2, 0.25) is 0 Å². The number of hydrogen-bond donors (Lipinski definition) is 0. The van der Waals surface area contributed by atoms with Crippen molar-refractivity contribution in [2.24, 2.45) is 5.92 Å². The van der Waals surface area contributed by atoms with E-state index in [2.05, 4.69) is 4.74 Å². The molecule has 18 heavy (non-hydrogen) atoms. The van der Waals surface area contributed by atoms with Gasteiger partial charge in [0, 0.05) is 6.42 Å². The molecule has 1 aliphatic rings. The molecule has 0 unspecified atom stereocenters. The van der Waals surface area contributed by atoms with E-state index in [4.69, 9.17) is 9.05 Å². The highest BCUT2D eigenvalue weighted by molar-refractivity contribution is 7.55. The Morgan fingerprint density at radius 2 is 1.89 bits per heavy atom. The highest BCUT2D eigenvalue weighted by Gasteiger charge is 2.52. The maximum Gasteiger partial charge on any atom is 0.341 e. The normalized spacial score (nSPS) is 24.3. The quantitative estimate of drug-likeness (QED) is 0.544. The molecule has 0 saturated heterocycles. The van der Waals surface area contributed by atoms with Gasteiger partial charge < -0.3 is 13.8 Å². The van der Waals surface area contributed by atoms with Crippen molar-refractivity contribution in [2.75, 3.05) is 20.3 Å². The Bertz CT molecular complexity index is 357. The van der Waals surface area contributed by atoms with Gasteiger partial charge >= 0.3 is 13.6 Å². The fourth-order valence-corrected chi connectivity index (χ4v) is 4.49. The molecule has 1 fully saturated rings. The predicted molar refractivity (Wildman–Crippen MR) is 64.4 cm³/mol. The van der Waals surface area contributed by atoms with Crippen molar-refractivity contribution in [1.29, 1.82) is 0 Å². The third-order valence-electron chi connectivity index (χ3n) is 2.88. The summed E-state index contributed by atoms with van der Waals surface area (Å²) in [5, 5.41) is 0. The second-order valence-corrected chi connectivity index (χ2v) is 6.11. The average Bonchev–Trinajstić information content (AvgIpc) is 2.71. The van der Waals surface area contributed by atoms with Crippen molar-refractivity contribution in [3.8, 4) is 0 Å². The lowest BCUT2D eigenvalue weighted by Gasteiger charge is -2.25. The number of rotatable bonds is 6. The van der Waals surface area contributed by atoms with Crippen LogP contribution in [0.25, 0.3) is 0 Å². The molecule has 0 heterocycles. The minimum Gasteiger partial charge on any atom is -0.469 e. The Hall–Kier alpha value is -0.710. The number of carbonyl (C=O) groups is 2. The fraction of sp³-hybridized carbons (Fsp3) is 0.818. The first-order chi connectivity index (χ1) is 8.50. The van der Waals surface area contributed by atoms with Crippen LogP contribution in [0.15, 0.2) is 0 Å². The van der Waals surface area contributed by atoms with Crippen LogP contribution < -0.4 is 0 Å². The largest absolute Gasteiger partial charge is 0.469 e. The summed E-state index contributed by atoms with van der Waals surface area (Å²) in [6.07, 6.45) is 0.537. The summed E-state index contributed by atoms with van der Waals surface area (Å²) < 4.78 is 27.5.